The molecule has 6 nitrogen and oxygen atoms in total. The molecular formula is C27H24O6. The Labute approximate surface area is 191 Å². The summed E-state index contributed by atoms with van der Waals surface area (Å²) in [6.07, 6.45) is 2.21. The lowest BCUT2D eigenvalue weighted by Crippen LogP contribution is -2.33. The summed E-state index contributed by atoms with van der Waals surface area (Å²) in [5.41, 5.74) is 3.78. The second-order valence-corrected chi connectivity index (χ2v) is 9.47. The van der Waals surface area contributed by atoms with Gasteiger partial charge in [-0.15, -0.1) is 0 Å². The van der Waals surface area contributed by atoms with E-state index in [-0.39, 0.29) is 23.1 Å². The molecule has 2 aliphatic rings. The van der Waals surface area contributed by atoms with Crippen molar-refractivity contribution in [2.75, 3.05) is 0 Å². The lowest BCUT2D eigenvalue weighted by atomic mass is 9.68. The first-order valence-corrected chi connectivity index (χ1v) is 11.0. The zero-order chi connectivity index (χ0) is 23.5. The number of esters is 1. The van der Waals surface area contributed by atoms with Gasteiger partial charge in [0.1, 0.15) is 17.6 Å². The summed E-state index contributed by atoms with van der Waals surface area (Å²) in [5, 5.41) is 9.46. The van der Waals surface area contributed by atoms with Crippen LogP contribution in [0.25, 0.3) is 11.3 Å². The highest BCUT2D eigenvalue weighted by Gasteiger charge is 2.43. The highest BCUT2D eigenvalue weighted by molar-refractivity contribution is 6.53. The standard InChI is InChI=1S/C27H24O6/c1-14-13-32-26-17-8-9-18-23(22(17)25(31)24(30)21(14)26)19(10-11-27(18,2)3)33-20(29)12-15-4-6-16(28)7-5-15/h4-9,13,19,28H,10-12H2,1-3H3. The van der Waals surface area contributed by atoms with E-state index in [1.54, 1.807) is 19.1 Å². The van der Waals surface area contributed by atoms with Crippen LogP contribution in [-0.4, -0.2) is 22.6 Å². The van der Waals surface area contributed by atoms with Gasteiger partial charge in [0.25, 0.3) is 0 Å². The Balaban J connectivity index is 1.58. The van der Waals surface area contributed by atoms with E-state index in [1.807, 2.05) is 12.1 Å². The van der Waals surface area contributed by atoms with E-state index >= 15 is 0 Å². The molecule has 3 aromatic rings. The second kappa shape index (κ2) is 7.44. The van der Waals surface area contributed by atoms with Gasteiger partial charge in [0.2, 0.25) is 11.6 Å². The predicted molar refractivity (Wildman–Crippen MR) is 120 cm³/mol. The number of aromatic hydroxyl groups is 1. The fourth-order valence-corrected chi connectivity index (χ4v) is 5.00. The maximum absolute atomic E-state index is 13.3. The van der Waals surface area contributed by atoms with Crippen molar-refractivity contribution < 1.29 is 28.6 Å². The van der Waals surface area contributed by atoms with Crippen molar-refractivity contribution in [3.63, 3.8) is 0 Å². The van der Waals surface area contributed by atoms with Crippen LogP contribution < -0.4 is 0 Å². The molecule has 33 heavy (non-hydrogen) atoms. The summed E-state index contributed by atoms with van der Waals surface area (Å²) in [7, 11) is 0. The summed E-state index contributed by atoms with van der Waals surface area (Å²) in [6.45, 7) is 5.92. The van der Waals surface area contributed by atoms with Crippen LogP contribution in [0.1, 0.15) is 75.8 Å². The summed E-state index contributed by atoms with van der Waals surface area (Å²) >= 11 is 0. The second-order valence-electron chi connectivity index (χ2n) is 9.47. The van der Waals surface area contributed by atoms with Gasteiger partial charge in [-0.2, -0.15) is 0 Å². The number of furan rings is 1. The molecule has 0 aliphatic heterocycles. The lowest BCUT2D eigenvalue weighted by molar-refractivity contribution is -0.149. The number of aryl methyl sites for hydroxylation is 1. The number of carbonyl (C=O) groups is 3. The number of benzene rings is 2. The van der Waals surface area contributed by atoms with Crippen molar-refractivity contribution in [3.05, 3.63) is 76.0 Å². The third-order valence-corrected chi connectivity index (χ3v) is 6.77. The number of phenolic OH excluding ortho intramolecular Hbond substituents is 1. The molecule has 1 aromatic heterocycles. The van der Waals surface area contributed by atoms with Crippen molar-refractivity contribution >= 4 is 17.5 Å². The van der Waals surface area contributed by atoms with Crippen LogP contribution >= 0.6 is 0 Å². The average Bonchev–Trinajstić information content (AvgIpc) is 3.16. The Bertz CT molecular complexity index is 1310. The molecule has 1 heterocycles. The normalized spacial score (nSPS) is 18.3. The van der Waals surface area contributed by atoms with E-state index in [0.29, 0.717) is 40.0 Å². The van der Waals surface area contributed by atoms with Crippen molar-refractivity contribution in [2.24, 2.45) is 0 Å². The van der Waals surface area contributed by atoms with Crippen LogP contribution in [0.15, 0.2) is 47.1 Å². The first kappa shape index (κ1) is 21.2. The fraction of sp³-hybridized carbons (Fsp3) is 0.296. The molecule has 0 radical (unpaired) electrons. The van der Waals surface area contributed by atoms with Crippen molar-refractivity contribution in [2.45, 2.75) is 51.6 Å². The molecule has 1 atom stereocenters. The number of ketones is 2. The number of Topliss-reactive ketones (excluding diaryl/α,β-unsaturated/α-hetero) is 2. The van der Waals surface area contributed by atoms with Gasteiger partial charge in [-0.05, 0) is 54.0 Å². The van der Waals surface area contributed by atoms with Gasteiger partial charge in [-0.3, -0.25) is 14.4 Å². The molecule has 1 unspecified atom stereocenters. The van der Waals surface area contributed by atoms with Crippen molar-refractivity contribution in [1.82, 2.24) is 0 Å². The van der Waals surface area contributed by atoms with Gasteiger partial charge in [0, 0.05) is 16.7 Å². The van der Waals surface area contributed by atoms with Crippen LogP contribution in [-0.2, 0) is 21.4 Å². The fourth-order valence-electron chi connectivity index (χ4n) is 5.00. The Morgan fingerprint density at radius 2 is 1.79 bits per heavy atom. The van der Waals surface area contributed by atoms with Crippen molar-refractivity contribution in [1.29, 1.82) is 0 Å². The molecule has 5 rings (SSSR count). The highest BCUT2D eigenvalue weighted by atomic mass is 16.5. The topological polar surface area (TPSA) is 93.8 Å². The summed E-state index contributed by atoms with van der Waals surface area (Å²) in [4.78, 5) is 39.1. The SMILES string of the molecule is Cc1coc2c1C(=O)C(=O)c1c-2ccc2c1C(OC(=O)Cc1ccc(O)cc1)CCC2(C)C. The smallest absolute Gasteiger partial charge is 0.310 e. The van der Waals surface area contributed by atoms with Gasteiger partial charge in [0.05, 0.1) is 18.2 Å². The molecule has 0 saturated carbocycles. The van der Waals surface area contributed by atoms with Gasteiger partial charge in [-0.25, -0.2) is 0 Å². The maximum atomic E-state index is 13.3. The van der Waals surface area contributed by atoms with Crippen LogP contribution in [0.2, 0.25) is 0 Å². The monoisotopic (exact) mass is 444 g/mol. The summed E-state index contributed by atoms with van der Waals surface area (Å²) < 4.78 is 11.6. The number of hydrogen-bond acceptors (Lipinski definition) is 6. The molecule has 0 fully saturated rings. The van der Waals surface area contributed by atoms with Gasteiger partial charge < -0.3 is 14.3 Å². The first-order valence-electron chi connectivity index (χ1n) is 11.0. The van der Waals surface area contributed by atoms with E-state index < -0.39 is 23.6 Å². The van der Waals surface area contributed by atoms with E-state index in [2.05, 4.69) is 13.8 Å². The van der Waals surface area contributed by atoms with E-state index in [0.717, 1.165) is 12.0 Å². The van der Waals surface area contributed by atoms with E-state index in [4.69, 9.17) is 9.15 Å². The summed E-state index contributed by atoms with van der Waals surface area (Å²) in [6, 6.07) is 10.2. The average molecular weight is 444 g/mol. The first-order chi connectivity index (χ1) is 15.7. The van der Waals surface area contributed by atoms with Crippen LogP contribution in [0, 0.1) is 6.92 Å². The van der Waals surface area contributed by atoms with Crippen LogP contribution in [0.4, 0.5) is 0 Å². The number of carbonyl (C=O) groups excluding carboxylic acids is 3. The highest BCUT2D eigenvalue weighted by Crippen LogP contribution is 2.49. The minimum Gasteiger partial charge on any atom is -0.508 e. The number of phenols is 1. The molecule has 0 saturated heterocycles. The summed E-state index contributed by atoms with van der Waals surface area (Å²) in [5.74, 6) is -1.09. The van der Waals surface area contributed by atoms with Gasteiger partial charge in [0.15, 0.2) is 0 Å². The molecule has 168 valence electrons. The third-order valence-electron chi connectivity index (χ3n) is 6.77. The number of fused-ring (bicyclic) bond motifs is 5. The zero-order valence-corrected chi connectivity index (χ0v) is 18.7. The zero-order valence-electron chi connectivity index (χ0n) is 18.7. The van der Waals surface area contributed by atoms with Crippen molar-refractivity contribution in [3.8, 4) is 17.1 Å². The number of rotatable bonds is 3. The molecule has 0 amide bonds. The Morgan fingerprint density at radius 1 is 1.09 bits per heavy atom. The van der Waals surface area contributed by atoms with E-state index in [1.165, 1.54) is 18.4 Å². The molecule has 2 aliphatic carbocycles. The quantitative estimate of drug-likeness (QED) is 0.439. The Kier molecular flexibility index (Phi) is 4.78. The largest absolute Gasteiger partial charge is 0.508 e. The van der Waals surface area contributed by atoms with Crippen LogP contribution in [0.3, 0.4) is 0 Å². The Hall–Kier alpha value is -3.67. The predicted octanol–water partition coefficient (Wildman–Crippen LogP) is 5.24. The van der Waals surface area contributed by atoms with E-state index in [9.17, 15) is 19.5 Å². The van der Waals surface area contributed by atoms with Crippen LogP contribution in [0.5, 0.6) is 5.75 Å². The molecule has 0 bridgehead atoms. The molecule has 1 N–H and O–H groups in total. The molecule has 6 heteroatoms. The molecule has 0 spiro atoms. The molecule has 2 aromatic carbocycles. The van der Waals surface area contributed by atoms with Gasteiger partial charge in [-0.1, -0.05) is 38.1 Å². The van der Waals surface area contributed by atoms with Gasteiger partial charge >= 0.3 is 5.97 Å². The maximum Gasteiger partial charge on any atom is 0.310 e. The number of ether oxygens (including phenoxy) is 1. The number of hydrogen-bond donors (Lipinski definition) is 1. The molecular weight excluding hydrogens is 420 g/mol. The third kappa shape index (κ3) is 3.37. The lowest BCUT2D eigenvalue weighted by Gasteiger charge is -2.38. The minimum atomic E-state index is -0.637. The Morgan fingerprint density at radius 3 is 2.52 bits per heavy atom. The minimum absolute atomic E-state index is 0.0406.